The van der Waals surface area contributed by atoms with Crippen molar-refractivity contribution >= 4 is 5.57 Å². The van der Waals surface area contributed by atoms with Gasteiger partial charge in [0.05, 0.1) is 5.69 Å². The Morgan fingerprint density at radius 2 is 2.55 bits per heavy atom. The number of nitrogens with zero attached hydrogens (tertiary/aromatic N) is 2. The van der Waals surface area contributed by atoms with Gasteiger partial charge in [-0.3, -0.25) is 4.68 Å². The van der Waals surface area contributed by atoms with E-state index >= 15 is 0 Å². The second-order valence-electron chi connectivity index (χ2n) is 2.70. The van der Waals surface area contributed by atoms with Crippen molar-refractivity contribution in [2.24, 2.45) is 7.05 Å². The zero-order valence-corrected chi connectivity index (χ0v) is 6.54. The summed E-state index contributed by atoms with van der Waals surface area (Å²) in [5.41, 5.74) is 2.57. The van der Waals surface area contributed by atoms with Crippen molar-refractivity contribution in [1.82, 2.24) is 15.1 Å². The summed E-state index contributed by atoms with van der Waals surface area (Å²) in [6, 6.07) is 2.04. The third kappa shape index (κ3) is 1.07. The minimum absolute atomic E-state index is 0.972. The lowest BCUT2D eigenvalue weighted by Crippen LogP contribution is -2.08. The van der Waals surface area contributed by atoms with Gasteiger partial charge in [-0.2, -0.15) is 5.10 Å². The maximum atomic E-state index is 4.11. The third-order valence-electron chi connectivity index (χ3n) is 1.96. The number of rotatable bonds is 1. The highest BCUT2D eigenvalue weighted by molar-refractivity contribution is 5.66. The topological polar surface area (TPSA) is 29.9 Å². The molecule has 0 saturated heterocycles. The summed E-state index contributed by atoms with van der Waals surface area (Å²) in [4.78, 5) is 0. The van der Waals surface area contributed by atoms with Gasteiger partial charge in [0, 0.05) is 26.3 Å². The van der Waals surface area contributed by atoms with E-state index in [1.807, 2.05) is 24.0 Å². The highest BCUT2D eigenvalue weighted by Gasteiger charge is 2.08. The van der Waals surface area contributed by atoms with Crippen molar-refractivity contribution in [3.05, 3.63) is 24.0 Å². The summed E-state index contributed by atoms with van der Waals surface area (Å²) in [5, 5.41) is 7.36. The molecule has 0 aromatic carbocycles. The van der Waals surface area contributed by atoms with E-state index in [0.29, 0.717) is 0 Å². The van der Waals surface area contributed by atoms with Crippen LogP contribution in [0.2, 0.25) is 0 Å². The van der Waals surface area contributed by atoms with Gasteiger partial charge in [-0.15, -0.1) is 0 Å². The van der Waals surface area contributed by atoms with Crippen molar-refractivity contribution in [3.63, 3.8) is 0 Å². The molecular formula is C8H11N3. The summed E-state index contributed by atoms with van der Waals surface area (Å²) in [7, 11) is 1.97. The molecule has 1 aliphatic heterocycles. The molecule has 1 N–H and O–H groups in total. The van der Waals surface area contributed by atoms with E-state index in [1.54, 1.807) is 0 Å². The minimum atomic E-state index is 0.972. The van der Waals surface area contributed by atoms with E-state index < -0.39 is 0 Å². The molecule has 3 heteroatoms. The van der Waals surface area contributed by atoms with Gasteiger partial charge in [-0.05, 0) is 11.6 Å². The molecule has 3 nitrogen and oxygen atoms in total. The average molecular weight is 149 g/mol. The van der Waals surface area contributed by atoms with Crippen LogP contribution in [0.5, 0.6) is 0 Å². The van der Waals surface area contributed by atoms with Crippen molar-refractivity contribution in [3.8, 4) is 0 Å². The van der Waals surface area contributed by atoms with Gasteiger partial charge in [-0.25, -0.2) is 0 Å². The molecule has 11 heavy (non-hydrogen) atoms. The number of hydrogen-bond donors (Lipinski definition) is 1. The Balaban J connectivity index is 2.35. The maximum Gasteiger partial charge on any atom is 0.0648 e. The van der Waals surface area contributed by atoms with Crippen molar-refractivity contribution in [2.45, 2.75) is 0 Å². The molecule has 2 heterocycles. The monoisotopic (exact) mass is 149 g/mol. The molecule has 0 saturated carbocycles. The first kappa shape index (κ1) is 6.61. The molecular weight excluding hydrogens is 138 g/mol. The van der Waals surface area contributed by atoms with Crippen LogP contribution >= 0.6 is 0 Å². The maximum absolute atomic E-state index is 4.11. The van der Waals surface area contributed by atoms with Gasteiger partial charge in [0.15, 0.2) is 0 Å². The summed E-state index contributed by atoms with van der Waals surface area (Å²) in [6.07, 6.45) is 4.03. The molecule has 0 bridgehead atoms. The first-order valence-electron chi connectivity index (χ1n) is 3.76. The lowest BCUT2D eigenvalue weighted by atomic mass is 10.2. The zero-order valence-electron chi connectivity index (χ0n) is 6.54. The van der Waals surface area contributed by atoms with E-state index in [2.05, 4.69) is 16.5 Å². The van der Waals surface area contributed by atoms with E-state index in [-0.39, 0.29) is 0 Å². The second-order valence-corrected chi connectivity index (χ2v) is 2.70. The van der Waals surface area contributed by atoms with Crippen LogP contribution in [0.15, 0.2) is 18.3 Å². The van der Waals surface area contributed by atoms with Crippen LogP contribution in [0.25, 0.3) is 5.57 Å². The van der Waals surface area contributed by atoms with Crippen LogP contribution in [-0.4, -0.2) is 22.9 Å². The number of aromatic nitrogens is 2. The highest BCUT2D eigenvalue weighted by atomic mass is 15.3. The molecule has 58 valence electrons. The Hall–Kier alpha value is -1.09. The van der Waals surface area contributed by atoms with Gasteiger partial charge in [-0.1, -0.05) is 6.08 Å². The quantitative estimate of drug-likeness (QED) is 0.626. The zero-order chi connectivity index (χ0) is 7.68. The molecule has 0 amide bonds. The Labute approximate surface area is 65.7 Å². The number of nitrogens with one attached hydrogen (secondary N) is 1. The predicted molar refractivity (Wildman–Crippen MR) is 44.1 cm³/mol. The van der Waals surface area contributed by atoms with E-state index in [9.17, 15) is 0 Å². The summed E-state index contributed by atoms with van der Waals surface area (Å²) in [6.45, 7) is 1.96. The van der Waals surface area contributed by atoms with Crippen LogP contribution in [0, 0.1) is 0 Å². The minimum Gasteiger partial charge on any atom is -0.309 e. The van der Waals surface area contributed by atoms with Crippen molar-refractivity contribution in [1.29, 1.82) is 0 Å². The largest absolute Gasteiger partial charge is 0.309 e. The molecule has 2 rings (SSSR count). The van der Waals surface area contributed by atoms with E-state index in [0.717, 1.165) is 13.1 Å². The number of aryl methyl sites for hydroxylation is 1. The van der Waals surface area contributed by atoms with Crippen LogP contribution in [0.1, 0.15) is 5.69 Å². The summed E-state index contributed by atoms with van der Waals surface area (Å²) in [5.74, 6) is 0. The second kappa shape index (κ2) is 2.51. The lowest BCUT2D eigenvalue weighted by Gasteiger charge is -2.00. The van der Waals surface area contributed by atoms with Crippen LogP contribution in [0.4, 0.5) is 0 Å². The Morgan fingerprint density at radius 1 is 1.64 bits per heavy atom. The fraction of sp³-hybridized carbons (Fsp3) is 0.375. The molecule has 0 aliphatic carbocycles. The van der Waals surface area contributed by atoms with Gasteiger partial charge in [0.25, 0.3) is 0 Å². The van der Waals surface area contributed by atoms with Gasteiger partial charge in [0.2, 0.25) is 0 Å². The standard InChI is InChI=1S/C8H11N3/c1-11-8(3-5-10-11)7-2-4-9-6-7/h2-3,5,9H,4,6H2,1H3. The summed E-state index contributed by atoms with van der Waals surface area (Å²) < 4.78 is 1.90. The molecule has 1 aromatic rings. The fourth-order valence-electron chi connectivity index (χ4n) is 1.36. The Bertz CT molecular complexity index is 285. The van der Waals surface area contributed by atoms with Crippen molar-refractivity contribution in [2.75, 3.05) is 13.1 Å². The predicted octanol–water partition coefficient (Wildman–Crippen LogP) is 0.407. The molecule has 0 fully saturated rings. The van der Waals surface area contributed by atoms with E-state index in [1.165, 1.54) is 11.3 Å². The third-order valence-corrected chi connectivity index (χ3v) is 1.96. The normalized spacial score (nSPS) is 17.0. The molecule has 1 aliphatic rings. The molecule has 0 atom stereocenters. The fourth-order valence-corrected chi connectivity index (χ4v) is 1.36. The molecule has 0 radical (unpaired) electrons. The molecule has 1 aromatic heterocycles. The van der Waals surface area contributed by atoms with Gasteiger partial charge >= 0.3 is 0 Å². The highest BCUT2D eigenvalue weighted by Crippen LogP contribution is 2.13. The van der Waals surface area contributed by atoms with E-state index in [4.69, 9.17) is 0 Å². The van der Waals surface area contributed by atoms with Crippen molar-refractivity contribution < 1.29 is 0 Å². The first-order chi connectivity index (χ1) is 5.38. The Morgan fingerprint density at radius 3 is 3.09 bits per heavy atom. The average Bonchev–Trinajstić information content (AvgIpc) is 2.55. The Kier molecular flexibility index (Phi) is 1.51. The van der Waals surface area contributed by atoms with Gasteiger partial charge in [0.1, 0.15) is 0 Å². The summed E-state index contributed by atoms with van der Waals surface area (Å²) >= 11 is 0. The lowest BCUT2D eigenvalue weighted by molar-refractivity contribution is 0.753. The smallest absolute Gasteiger partial charge is 0.0648 e. The molecule has 0 unspecified atom stereocenters. The van der Waals surface area contributed by atoms with Crippen LogP contribution < -0.4 is 5.32 Å². The number of hydrogen-bond acceptors (Lipinski definition) is 2. The van der Waals surface area contributed by atoms with Crippen LogP contribution in [0.3, 0.4) is 0 Å². The van der Waals surface area contributed by atoms with Gasteiger partial charge < -0.3 is 5.32 Å². The molecule has 0 spiro atoms. The van der Waals surface area contributed by atoms with Crippen LogP contribution in [-0.2, 0) is 7.05 Å². The SMILES string of the molecule is Cn1nccc1C1=CCNC1. The first-order valence-corrected chi connectivity index (χ1v) is 3.76.